The average Bonchev–Trinajstić information content (AvgIpc) is 3.48. The molecule has 0 aliphatic carbocycles. The number of aromatic nitrogens is 2. The third-order valence-corrected chi connectivity index (χ3v) is 8.61. The van der Waals surface area contributed by atoms with Gasteiger partial charge in [-0.25, -0.2) is 9.48 Å². The van der Waals surface area contributed by atoms with Crippen LogP contribution in [0, 0.1) is 6.92 Å². The maximum Gasteiger partial charge on any atom is 0.420 e. The Morgan fingerprint density at radius 1 is 0.980 bits per heavy atom. The predicted molar refractivity (Wildman–Crippen MR) is 183 cm³/mol. The number of hydrogen-bond donors (Lipinski definition) is 2. The first-order valence-electron chi connectivity index (χ1n) is 15.3. The molecule has 13 heteroatoms. The van der Waals surface area contributed by atoms with Gasteiger partial charge in [0.15, 0.2) is 5.60 Å². The molecule has 256 valence electrons. The van der Waals surface area contributed by atoms with E-state index in [1.54, 1.807) is 41.9 Å². The molecule has 0 radical (unpaired) electrons. The summed E-state index contributed by atoms with van der Waals surface area (Å²) < 4.78 is 50.7. The molecule has 5 aromatic rings. The summed E-state index contributed by atoms with van der Waals surface area (Å²) in [5.74, 6) is -1.34. The third-order valence-electron chi connectivity index (χ3n) is 7.99. The molecule has 1 amide bonds. The summed E-state index contributed by atoms with van der Waals surface area (Å²) in [5, 5.41) is 18.8. The smallest absolute Gasteiger partial charge is 0.420 e. The third kappa shape index (κ3) is 7.85. The van der Waals surface area contributed by atoms with Gasteiger partial charge in [-0.1, -0.05) is 59.6 Å². The van der Waals surface area contributed by atoms with E-state index in [9.17, 15) is 27.9 Å². The van der Waals surface area contributed by atoms with Gasteiger partial charge in [0.2, 0.25) is 0 Å². The molecular weight excluding hydrogens is 680 g/mol. The normalized spacial score (nSPS) is 12.9. The second-order valence-electron chi connectivity index (χ2n) is 11.9. The molecule has 5 rings (SSSR count). The van der Waals surface area contributed by atoms with Gasteiger partial charge in [0.25, 0.3) is 5.91 Å². The molecule has 0 bridgehead atoms. The first kappa shape index (κ1) is 35.7. The number of esters is 1. The fourth-order valence-corrected chi connectivity index (χ4v) is 5.83. The number of alkyl halides is 3. The maximum absolute atomic E-state index is 14.6. The van der Waals surface area contributed by atoms with Crippen LogP contribution in [0.25, 0.3) is 16.6 Å². The van der Waals surface area contributed by atoms with Crippen molar-refractivity contribution in [1.29, 1.82) is 0 Å². The Bertz CT molecular complexity index is 1950. The summed E-state index contributed by atoms with van der Waals surface area (Å²) in [6.45, 7) is 2.90. The van der Waals surface area contributed by atoms with E-state index < -0.39 is 42.8 Å². The largest absolute Gasteiger partial charge is 0.457 e. The van der Waals surface area contributed by atoms with E-state index in [1.807, 2.05) is 36.4 Å². The van der Waals surface area contributed by atoms with Crippen molar-refractivity contribution in [3.8, 4) is 5.69 Å². The molecule has 1 atom stereocenters. The highest BCUT2D eigenvalue weighted by molar-refractivity contribution is 6.39. The number of aryl methyl sites for hydroxylation is 1. The number of ether oxygens (including phenoxy) is 1. The van der Waals surface area contributed by atoms with Crippen LogP contribution >= 0.6 is 23.2 Å². The van der Waals surface area contributed by atoms with Crippen molar-refractivity contribution in [2.75, 3.05) is 18.4 Å². The van der Waals surface area contributed by atoms with Crippen LogP contribution in [0.2, 0.25) is 10.0 Å². The topological polar surface area (TPSA) is 96.7 Å². The quantitative estimate of drug-likeness (QED) is 0.134. The first-order chi connectivity index (χ1) is 23.2. The molecule has 0 aliphatic rings. The molecule has 49 heavy (non-hydrogen) atoms. The number of rotatable bonds is 11. The second-order valence-corrected chi connectivity index (χ2v) is 12.7. The van der Waals surface area contributed by atoms with Crippen LogP contribution in [0.1, 0.15) is 45.7 Å². The fourth-order valence-electron chi connectivity index (χ4n) is 5.27. The van der Waals surface area contributed by atoms with Gasteiger partial charge in [-0.3, -0.25) is 4.79 Å². The molecule has 0 saturated heterocycles. The lowest BCUT2D eigenvalue weighted by Crippen LogP contribution is -2.59. The Labute approximate surface area is 291 Å². The molecule has 8 nitrogen and oxygen atoms in total. The van der Waals surface area contributed by atoms with Crippen LogP contribution in [0.15, 0.2) is 91.1 Å². The van der Waals surface area contributed by atoms with Crippen LogP contribution in [0.3, 0.4) is 0 Å². The number of carbonyl (C=O) groups is 2. The van der Waals surface area contributed by atoms with E-state index in [4.69, 9.17) is 27.9 Å². The predicted octanol–water partition coefficient (Wildman–Crippen LogP) is 8.25. The van der Waals surface area contributed by atoms with Gasteiger partial charge in [0.1, 0.15) is 6.61 Å². The number of nitrogens with zero attached hydrogens (tertiary/aromatic N) is 3. The highest BCUT2D eigenvalue weighted by Crippen LogP contribution is 2.35. The van der Waals surface area contributed by atoms with Crippen LogP contribution < -0.4 is 5.32 Å². The molecule has 0 spiro atoms. The van der Waals surface area contributed by atoms with Crippen molar-refractivity contribution in [2.45, 2.75) is 45.2 Å². The van der Waals surface area contributed by atoms with Crippen molar-refractivity contribution in [3.63, 3.8) is 0 Å². The van der Waals surface area contributed by atoms with Crippen LogP contribution in [0.5, 0.6) is 0 Å². The Morgan fingerprint density at radius 2 is 1.63 bits per heavy atom. The molecule has 0 aliphatic heterocycles. The Kier molecular flexibility index (Phi) is 10.6. The van der Waals surface area contributed by atoms with E-state index >= 15 is 0 Å². The molecule has 4 aromatic carbocycles. The highest BCUT2D eigenvalue weighted by Gasteiger charge is 2.55. The molecule has 0 saturated carbocycles. The Balaban J connectivity index is 1.37. The van der Waals surface area contributed by atoms with Crippen molar-refractivity contribution < 1.29 is 32.6 Å². The molecular formula is C36H33Cl2F3N4O4. The minimum atomic E-state index is -5.13. The number of nitrogens with one attached hydrogen (secondary N) is 1. The fraction of sp³-hybridized carbons (Fsp3) is 0.250. The minimum absolute atomic E-state index is 0.0198. The lowest BCUT2D eigenvalue weighted by atomic mass is 10.00. The van der Waals surface area contributed by atoms with E-state index in [0.717, 1.165) is 10.5 Å². The van der Waals surface area contributed by atoms with Gasteiger partial charge >= 0.3 is 12.1 Å². The Morgan fingerprint density at radius 3 is 2.24 bits per heavy atom. The zero-order valence-electron chi connectivity index (χ0n) is 26.8. The highest BCUT2D eigenvalue weighted by atomic mass is 35.5. The summed E-state index contributed by atoms with van der Waals surface area (Å²) in [7, 11) is 0. The number of hydrogen-bond acceptors (Lipinski definition) is 6. The van der Waals surface area contributed by atoms with Gasteiger partial charge in [-0.15, -0.1) is 0 Å². The summed E-state index contributed by atoms with van der Waals surface area (Å²) in [6.07, 6.45) is -3.63. The number of amides is 1. The number of benzene rings is 4. The van der Waals surface area contributed by atoms with Crippen LogP contribution in [0.4, 0.5) is 18.9 Å². The molecule has 1 aromatic heterocycles. The van der Waals surface area contributed by atoms with Crippen molar-refractivity contribution in [1.82, 2.24) is 14.7 Å². The number of fused-ring (bicyclic) bond motifs is 1. The zero-order chi connectivity index (χ0) is 35.5. The standard InChI is InChI=1S/C36H33Cl2F3N4O4/c1-22(2)44(33(46)32-28(37)10-7-11-29(32)38)21-35(48,36(39,40)41)20-42-30-16-23(3)17-31-27(30)18-43-45(31)26-14-12-25(13-15-26)34(47)49-19-24-8-5-4-6-9-24/h4-18,22,42,48H,19-21H2,1-3H3. The molecule has 2 N–H and O–H groups in total. The number of anilines is 1. The van der Waals surface area contributed by atoms with Gasteiger partial charge in [0, 0.05) is 17.1 Å². The van der Waals surface area contributed by atoms with E-state index in [2.05, 4.69) is 10.4 Å². The molecule has 1 heterocycles. The second kappa shape index (κ2) is 14.5. The number of carbonyl (C=O) groups excluding carboxylic acids is 2. The van der Waals surface area contributed by atoms with Crippen molar-refractivity contribution in [2.24, 2.45) is 0 Å². The van der Waals surface area contributed by atoms with Crippen LogP contribution in [-0.2, 0) is 11.3 Å². The van der Waals surface area contributed by atoms with E-state index in [0.29, 0.717) is 33.4 Å². The van der Waals surface area contributed by atoms with E-state index in [-0.39, 0.29) is 22.2 Å². The van der Waals surface area contributed by atoms with Gasteiger partial charge in [-0.05, 0) is 80.4 Å². The van der Waals surface area contributed by atoms with Gasteiger partial charge < -0.3 is 20.1 Å². The zero-order valence-corrected chi connectivity index (χ0v) is 28.3. The lowest BCUT2D eigenvalue weighted by molar-refractivity contribution is -0.258. The Hall–Kier alpha value is -4.58. The number of halogens is 5. The minimum Gasteiger partial charge on any atom is -0.457 e. The molecule has 0 fully saturated rings. The summed E-state index contributed by atoms with van der Waals surface area (Å²) in [5.41, 5.74) is -0.141. The summed E-state index contributed by atoms with van der Waals surface area (Å²) in [4.78, 5) is 26.9. The van der Waals surface area contributed by atoms with Gasteiger partial charge in [-0.2, -0.15) is 18.3 Å². The van der Waals surface area contributed by atoms with Crippen molar-refractivity contribution >= 4 is 51.7 Å². The van der Waals surface area contributed by atoms with Gasteiger partial charge in [0.05, 0.1) is 51.7 Å². The van der Waals surface area contributed by atoms with E-state index in [1.165, 1.54) is 38.2 Å². The SMILES string of the molecule is Cc1cc(NCC(O)(CN(C(=O)c2c(Cl)cccc2Cl)C(C)C)C(F)(F)F)c2cnn(-c3ccc(C(=O)OCc4ccccc4)cc3)c2c1. The maximum atomic E-state index is 14.6. The monoisotopic (exact) mass is 712 g/mol. The summed E-state index contributed by atoms with van der Waals surface area (Å²) in [6, 6.07) is 22.9. The first-order valence-corrected chi connectivity index (χ1v) is 16.0. The number of aliphatic hydroxyl groups is 1. The summed E-state index contributed by atoms with van der Waals surface area (Å²) >= 11 is 12.4. The average molecular weight is 714 g/mol. The van der Waals surface area contributed by atoms with Crippen LogP contribution in [-0.4, -0.2) is 62.6 Å². The van der Waals surface area contributed by atoms with Crippen molar-refractivity contribution in [3.05, 3.63) is 123 Å². The molecule has 1 unspecified atom stereocenters. The lowest BCUT2D eigenvalue weighted by Gasteiger charge is -2.38.